The Morgan fingerprint density at radius 2 is 1.94 bits per heavy atom. The molecule has 0 amide bonds. The van der Waals surface area contributed by atoms with Gasteiger partial charge in [-0.25, -0.2) is 0 Å². The molecular weight excluding hydrogens is 232 g/mol. The van der Waals surface area contributed by atoms with Gasteiger partial charge in [0.1, 0.15) is 6.61 Å². The molecule has 1 aromatic rings. The maximum Gasteiger partial charge on any atom is 0.104 e. The van der Waals surface area contributed by atoms with Gasteiger partial charge >= 0.3 is 0 Å². The quantitative estimate of drug-likeness (QED) is 0.786. The summed E-state index contributed by atoms with van der Waals surface area (Å²) in [5.41, 5.74) is 2.19. The maximum atomic E-state index is 8.80. The molecule has 0 heterocycles. The van der Waals surface area contributed by atoms with Gasteiger partial charge in [0.05, 0.1) is 0 Å². The molecular formula is C14H18O2S. The van der Waals surface area contributed by atoms with Gasteiger partial charge in [-0.2, -0.15) is 11.8 Å². The molecule has 0 aromatic heterocycles. The summed E-state index contributed by atoms with van der Waals surface area (Å²) < 4.78 is 0. The number of hydrogen-bond donors (Lipinski definition) is 2. The van der Waals surface area contributed by atoms with Crippen LogP contribution >= 0.6 is 11.8 Å². The lowest BCUT2D eigenvalue weighted by atomic mass is 10.1. The highest BCUT2D eigenvalue weighted by atomic mass is 32.2. The second-order valence-electron chi connectivity index (χ2n) is 3.79. The van der Waals surface area contributed by atoms with Crippen LogP contribution in [0.4, 0.5) is 0 Å². The minimum atomic E-state index is -0.101. The Bertz CT molecular complexity index is 375. The Morgan fingerprint density at radius 1 is 1.24 bits per heavy atom. The van der Waals surface area contributed by atoms with Crippen molar-refractivity contribution in [3.8, 4) is 11.8 Å². The minimum Gasteiger partial charge on any atom is -0.396 e. The monoisotopic (exact) mass is 250 g/mol. The zero-order chi connectivity index (χ0) is 12.5. The smallest absolute Gasteiger partial charge is 0.104 e. The molecule has 0 spiro atoms. The van der Waals surface area contributed by atoms with E-state index in [-0.39, 0.29) is 13.2 Å². The summed E-state index contributed by atoms with van der Waals surface area (Å²) in [7, 11) is 0. The number of aliphatic hydroxyl groups is 2. The van der Waals surface area contributed by atoms with Gasteiger partial charge < -0.3 is 10.2 Å². The molecule has 1 unspecified atom stereocenters. The maximum absolute atomic E-state index is 8.80. The second-order valence-corrected chi connectivity index (χ2v) is 5.22. The Kier molecular flexibility index (Phi) is 6.80. The Labute approximate surface area is 107 Å². The second kappa shape index (κ2) is 8.19. The largest absolute Gasteiger partial charge is 0.396 e. The highest BCUT2D eigenvalue weighted by Crippen LogP contribution is 2.19. The molecule has 0 radical (unpaired) electrons. The molecule has 0 aliphatic heterocycles. The molecule has 0 saturated heterocycles. The van der Waals surface area contributed by atoms with Gasteiger partial charge in [-0.1, -0.05) is 30.9 Å². The van der Waals surface area contributed by atoms with E-state index in [2.05, 4.69) is 30.9 Å². The summed E-state index contributed by atoms with van der Waals surface area (Å²) in [6.07, 6.45) is 0.838. The third kappa shape index (κ3) is 5.78. The van der Waals surface area contributed by atoms with Crippen LogP contribution in [0.5, 0.6) is 0 Å². The SMILES string of the molecule is CC(CCO)SCc1ccc(C#CCO)cc1. The number of hydrogen-bond acceptors (Lipinski definition) is 3. The van der Waals surface area contributed by atoms with Gasteiger partial charge in [0.15, 0.2) is 0 Å². The molecule has 2 nitrogen and oxygen atoms in total. The van der Waals surface area contributed by atoms with Gasteiger partial charge in [-0.05, 0) is 24.1 Å². The van der Waals surface area contributed by atoms with Crippen molar-refractivity contribution < 1.29 is 10.2 Å². The van der Waals surface area contributed by atoms with Crippen LogP contribution in [0.1, 0.15) is 24.5 Å². The first kappa shape index (κ1) is 14.1. The molecule has 0 aliphatic rings. The Balaban J connectivity index is 2.45. The molecule has 0 saturated carbocycles. The summed E-state index contributed by atoms with van der Waals surface area (Å²) in [6.45, 7) is 2.28. The van der Waals surface area contributed by atoms with E-state index in [0.717, 1.165) is 17.7 Å². The summed E-state index contributed by atoms with van der Waals surface area (Å²) in [5, 5.41) is 17.9. The van der Waals surface area contributed by atoms with Crippen LogP contribution in [-0.2, 0) is 5.75 Å². The molecule has 17 heavy (non-hydrogen) atoms. The number of benzene rings is 1. The van der Waals surface area contributed by atoms with Crippen LogP contribution in [-0.4, -0.2) is 28.7 Å². The zero-order valence-corrected chi connectivity index (χ0v) is 10.8. The lowest BCUT2D eigenvalue weighted by Crippen LogP contribution is -1.99. The van der Waals surface area contributed by atoms with Crippen LogP contribution in [0.3, 0.4) is 0 Å². The minimum absolute atomic E-state index is 0.101. The van der Waals surface area contributed by atoms with Crippen LogP contribution in [0.15, 0.2) is 24.3 Å². The molecule has 0 aliphatic carbocycles. The molecule has 0 bridgehead atoms. The fraction of sp³-hybridized carbons (Fsp3) is 0.429. The van der Waals surface area contributed by atoms with Gasteiger partial charge in [0.2, 0.25) is 0 Å². The van der Waals surface area contributed by atoms with Crippen molar-refractivity contribution in [2.24, 2.45) is 0 Å². The predicted molar refractivity (Wildman–Crippen MR) is 72.9 cm³/mol. The molecule has 92 valence electrons. The van der Waals surface area contributed by atoms with Crippen molar-refractivity contribution in [1.29, 1.82) is 0 Å². The zero-order valence-electron chi connectivity index (χ0n) is 10.0. The van der Waals surface area contributed by atoms with Gasteiger partial charge in [0, 0.05) is 23.2 Å². The first-order valence-corrected chi connectivity index (χ1v) is 6.72. The van der Waals surface area contributed by atoms with E-state index < -0.39 is 0 Å². The number of thioether (sulfide) groups is 1. The standard InChI is InChI=1S/C14H18O2S/c1-12(8-10-16)17-11-14-6-4-13(5-7-14)3-2-9-15/h4-7,12,15-16H,8-11H2,1H3. The van der Waals surface area contributed by atoms with E-state index >= 15 is 0 Å². The van der Waals surface area contributed by atoms with Gasteiger partial charge in [-0.15, -0.1) is 0 Å². The number of rotatable bonds is 5. The highest BCUT2D eigenvalue weighted by Gasteiger charge is 2.02. The van der Waals surface area contributed by atoms with Crippen molar-refractivity contribution in [3.05, 3.63) is 35.4 Å². The highest BCUT2D eigenvalue weighted by molar-refractivity contribution is 7.99. The summed E-state index contributed by atoms with van der Waals surface area (Å²) in [5.74, 6) is 6.44. The van der Waals surface area contributed by atoms with Gasteiger partial charge in [0.25, 0.3) is 0 Å². The van der Waals surface area contributed by atoms with Crippen LogP contribution in [0.2, 0.25) is 0 Å². The topological polar surface area (TPSA) is 40.5 Å². The van der Waals surface area contributed by atoms with Gasteiger partial charge in [-0.3, -0.25) is 0 Å². The van der Waals surface area contributed by atoms with Crippen LogP contribution in [0.25, 0.3) is 0 Å². The lowest BCUT2D eigenvalue weighted by Gasteiger charge is -2.09. The van der Waals surface area contributed by atoms with E-state index in [9.17, 15) is 0 Å². The Morgan fingerprint density at radius 3 is 2.53 bits per heavy atom. The fourth-order valence-electron chi connectivity index (χ4n) is 1.33. The molecule has 1 aromatic carbocycles. The van der Waals surface area contributed by atoms with E-state index in [0.29, 0.717) is 5.25 Å². The third-order valence-electron chi connectivity index (χ3n) is 2.34. The first-order valence-electron chi connectivity index (χ1n) is 5.67. The third-order valence-corrected chi connectivity index (χ3v) is 3.64. The predicted octanol–water partition coefficient (Wildman–Crippen LogP) is 2.03. The average Bonchev–Trinajstić information content (AvgIpc) is 2.35. The summed E-state index contributed by atoms with van der Waals surface area (Å²) >= 11 is 1.84. The van der Waals surface area contributed by atoms with Crippen molar-refractivity contribution in [2.45, 2.75) is 24.3 Å². The molecule has 1 atom stereocenters. The Hall–Kier alpha value is -0.950. The summed E-state index contributed by atoms with van der Waals surface area (Å²) in [6, 6.07) is 8.05. The van der Waals surface area contributed by atoms with Crippen molar-refractivity contribution >= 4 is 11.8 Å². The van der Waals surface area contributed by atoms with E-state index in [1.807, 2.05) is 23.9 Å². The van der Waals surface area contributed by atoms with E-state index in [1.54, 1.807) is 0 Å². The van der Waals surface area contributed by atoms with E-state index in [4.69, 9.17) is 10.2 Å². The van der Waals surface area contributed by atoms with Crippen molar-refractivity contribution in [3.63, 3.8) is 0 Å². The van der Waals surface area contributed by atoms with Crippen molar-refractivity contribution in [2.75, 3.05) is 13.2 Å². The van der Waals surface area contributed by atoms with Crippen LogP contribution < -0.4 is 0 Å². The number of aliphatic hydroxyl groups excluding tert-OH is 2. The fourth-order valence-corrected chi connectivity index (χ4v) is 2.27. The molecule has 3 heteroatoms. The lowest BCUT2D eigenvalue weighted by molar-refractivity contribution is 0.289. The van der Waals surface area contributed by atoms with E-state index in [1.165, 1.54) is 5.56 Å². The molecule has 2 N–H and O–H groups in total. The normalized spacial score (nSPS) is 11.7. The first-order chi connectivity index (χ1) is 8.26. The molecule has 1 rings (SSSR count). The average molecular weight is 250 g/mol. The van der Waals surface area contributed by atoms with Crippen LogP contribution in [0, 0.1) is 11.8 Å². The van der Waals surface area contributed by atoms with Crippen molar-refractivity contribution in [1.82, 2.24) is 0 Å². The molecule has 0 fully saturated rings. The summed E-state index contributed by atoms with van der Waals surface area (Å²) in [4.78, 5) is 0.